The SMILES string of the molecule is COCc1nc(C)c(-c2ccnc(Nc3ccc(Cl)cc3)n2)s1. The lowest BCUT2D eigenvalue weighted by Gasteiger charge is -2.06. The summed E-state index contributed by atoms with van der Waals surface area (Å²) in [4.78, 5) is 14.4. The summed E-state index contributed by atoms with van der Waals surface area (Å²) in [6, 6.07) is 9.28. The number of benzene rings is 1. The minimum absolute atomic E-state index is 0.506. The molecule has 7 heteroatoms. The van der Waals surface area contributed by atoms with E-state index in [0.717, 1.165) is 27.0 Å². The van der Waals surface area contributed by atoms with Crippen molar-refractivity contribution in [2.45, 2.75) is 13.5 Å². The fraction of sp³-hybridized carbons (Fsp3) is 0.188. The van der Waals surface area contributed by atoms with E-state index in [1.54, 1.807) is 24.6 Å². The third-order valence-corrected chi connectivity index (χ3v) is 4.50. The summed E-state index contributed by atoms with van der Waals surface area (Å²) < 4.78 is 5.14. The lowest BCUT2D eigenvalue weighted by Crippen LogP contribution is -1.97. The Morgan fingerprint density at radius 2 is 1.96 bits per heavy atom. The minimum atomic E-state index is 0.506. The number of anilines is 2. The molecule has 1 N–H and O–H groups in total. The molecule has 3 rings (SSSR count). The second kappa shape index (κ2) is 7.04. The molecule has 0 atom stereocenters. The first-order valence-electron chi connectivity index (χ1n) is 6.97. The van der Waals surface area contributed by atoms with Crippen molar-refractivity contribution in [1.82, 2.24) is 15.0 Å². The van der Waals surface area contributed by atoms with E-state index in [0.29, 0.717) is 17.6 Å². The summed E-state index contributed by atoms with van der Waals surface area (Å²) in [7, 11) is 1.66. The van der Waals surface area contributed by atoms with E-state index >= 15 is 0 Å². The Balaban J connectivity index is 1.86. The summed E-state index contributed by atoms with van der Waals surface area (Å²) in [5.41, 5.74) is 2.67. The smallest absolute Gasteiger partial charge is 0.227 e. The van der Waals surface area contributed by atoms with Gasteiger partial charge in [0.15, 0.2) is 0 Å². The van der Waals surface area contributed by atoms with Gasteiger partial charge in [-0.05, 0) is 37.3 Å². The highest BCUT2D eigenvalue weighted by Crippen LogP contribution is 2.29. The number of nitrogens with zero attached hydrogens (tertiary/aromatic N) is 3. The maximum Gasteiger partial charge on any atom is 0.227 e. The molecule has 3 aromatic rings. The average molecular weight is 347 g/mol. The molecule has 0 spiro atoms. The normalized spacial score (nSPS) is 10.7. The van der Waals surface area contributed by atoms with Gasteiger partial charge in [0.05, 0.1) is 22.9 Å². The van der Waals surface area contributed by atoms with E-state index in [9.17, 15) is 0 Å². The molecule has 0 fully saturated rings. The van der Waals surface area contributed by atoms with Crippen molar-refractivity contribution in [3.05, 3.63) is 52.3 Å². The van der Waals surface area contributed by atoms with Crippen LogP contribution < -0.4 is 5.32 Å². The Hall–Kier alpha value is -2.02. The van der Waals surface area contributed by atoms with Gasteiger partial charge in [0.2, 0.25) is 5.95 Å². The van der Waals surface area contributed by atoms with Crippen LogP contribution in [0.4, 0.5) is 11.6 Å². The largest absolute Gasteiger partial charge is 0.378 e. The number of aromatic nitrogens is 3. The molecule has 1 aromatic carbocycles. The van der Waals surface area contributed by atoms with Gasteiger partial charge in [-0.15, -0.1) is 11.3 Å². The van der Waals surface area contributed by atoms with Crippen molar-refractivity contribution in [3.63, 3.8) is 0 Å². The van der Waals surface area contributed by atoms with Gasteiger partial charge in [0, 0.05) is 24.0 Å². The molecule has 23 heavy (non-hydrogen) atoms. The third-order valence-electron chi connectivity index (χ3n) is 3.10. The molecule has 0 saturated carbocycles. The lowest BCUT2D eigenvalue weighted by molar-refractivity contribution is 0.184. The number of ether oxygens (including phenoxy) is 1. The number of thiazole rings is 1. The van der Waals surface area contributed by atoms with Gasteiger partial charge in [0.25, 0.3) is 0 Å². The molecule has 0 saturated heterocycles. The molecule has 0 aliphatic heterocycles. The summed E-state index contributed by atoms with van der Waals surface area (Å²) in [5, 5.41) is 4.80. The summed E-state index contributed by atoms with van der Waals surface area (Å²) in [6.45, 7) is 2.48. The van der Waals surface area contributed by atoms with Crippen LogP contribution in [0.1, 0.15) is 10.7 Å². The van der Waals surface area contributed by atoms with Crippen molar-refractivity contribution in [2.75, 3.05) is 12.4 Å². The molecule has 0 aliphatic carbocycles. The van der Waals surface area contributed by atoms with Crippen LogP contribution >= 0.6 is 22.9 Å². The lowest BCUT2D eigenvalue weighted by atomic mass is 10.3. The van der Waals surface area contributed by atoms with Crippen molar-refractivity contribution in [1.29, 1.82) is 0 Å². The van der Waals surface area contributed by atoms with E-state index in [1.807, 2.05) is 37.3 Å². The monoisotopic (exact) mass is 346 g/mol. The van der Waals surface area contributed by atoms with Crippen LogP contribution in [0.25, 0.3) is 10.6 Å². The number of halogens is 1. The van der Waals surface area contributed by atoms with E-state index in [2.05, 4.69) is 20.3 Å². The standard InChI is InChI=1S/C16H15ClN4OS/c1-10-15(23-14(19-10)9-22-2)13-7-8-18-16(21-13)20-12-5-3-11(17)4-6-12/h3-8H,9H2,1-2H3,(H,18,20,21). The third kappa shape index (κ3) is 3.85. The molecular weight excluding hydrogens is 332 g/mol. The number of methoxy groups -OCH3 is 1. The second-order valence-electron chi connectivity index (χ2n) is 4.85. The Bertz CT molecular complexity index is 804. The number of hydrogen-bond donors (Lipinski definition) is 1. The van der Waals surface area contributed by atoms with Crippen LogP contribution in [0.2, 0.25) is 5.02 Å². The second-order valence-corrected chi connectivity index (χ2v) is 6.37. The average Bonchev–Trinajstić information content (AvgIpc) is 2.91. The number of hydrogen-bond acceptors (Lipinski definition) is 6. The highest BCUT2D eigenvalue weighted by Gasteiger charge is 2.12. The van der Waals surface area contributed by atoms with Crippen molar-refractivity contribution < 1.29 is 4.74 Å². The Kier molecular flexibility index (Phi) is 4.85. The maximum atomic E-state index is 5.89. The van der Waals surface area contributed by atoms with E-state index in [1.165, 1.54) is 0 Å². The zero-order valence-electron chi connectivity index (χ0n) is 12.7. The number of nitrogens with one attached hydrogen (secondary N) is 1. The Morgan fingerprint density at radius 3 is 2.70 bits per heavy atom. The van der Waals surface area contributed by atoms with Crippen molar-refractivity contribution in [3.8, 4) is 10.6 Å². The van der Waals surface area contributed by atoms with E-state index in [4.69, 9.17) is 16.3 Å². The molecule has 118 valence electrons. The van der Waals surface area contributed by atoms with Gasteiger partial charge in [0.1, 0.15) is 5.01 Å². The van der Waals surface area contributed by atoms with Crippen molar-refractivity contribution >= 4 is 34.6 Å². The predicted molar refractivity (Wildman–Crippen MR) is 93.3 cm³/mol. The van der Waals surface area contributed by atoms with Crippen LogP contribution in [0.15, 0.2) is 36.5 Å². The van der Waals surface area contributed by atoms with Gasteiger partial charge in [-0.2, -0.15) is 0 Å². The van der Waals surface area contributed by atoms with Gasteiger partial charge in [-0.1, -0.05) is 11.6 Å². The quantitative estimate of drug-likeness (QED) is 0.739. The molecule has 2 heterocycles. The molecule has 0 unspecified atom stereocenters. The molecule has 0 amide bonds. The molecule has 0 aliphatic rings. The summed E-state index contributed by atoms with van der Waals surface area (Å²) in [5.74, 6) is 0.533. The predicted octanol–water partition coefficient (Wildman–Crippen LogP) is 4.45. The first-order chi connectivity index (χ1) is 11.2. The van der Waals surface area contributed by atoms with Crippen LogP contribution in [-0.4, -0.2) is 22.1 Å². The molecule has 0 bridgehead atoms. The topological polar surface area (TPSA) is 59.9 Å². The van der Waals surface area contributed by atoms with Crippen LogP contribution in [-0.2, 0) is 11.3 Å². The Labute approximate surface area is 143 Å². The first-order valence-corrected chi connectivity index (χ1v) is 8.16. The number of rotatable bonds is 5. The van der Waals surface area contributed by atoms with Gasteiger partial charge >= 0.3 is 0 Å². The highest BCUT2D eigenvalue weighted by molar-refractivity contribution is 7.15. The van der Waals surface area contributed by atoms with Gasteiger partial charge < -0.3 is 10.1 Å². The first kappa shape index (κ1) is 15.9. The molecule has 5 nitrogen and oxygen atoms in total. The minimum Gasteiger partial charge on any atom is -0.378 e. The molecular formula is C16H15ClN4OS. The van der Waals surface area contributed by atoms with Crippen LogP contribution in [0.3, 0.4) is 0 Å². The van der Waals surface area contributed by atoms with Crippen LogP contribution in [0.5, 0.6) is 0 Å². The molecule has 2 aromatic heterocycles. The number of aryl methyl sites for hydroxylation is 1. The van der Waals surface area contributed by atoms with E-state index < -0.39 is 0 Å². The van der Waals surface area contributed by atoms with E-state index in [-0.39, 0.29) is 0 Å². The zero-order chi connectivity index (χ0) is 16.2. The van der Waals surface area contributed by atoms with Gasteiger partial charge in [-0.3, -0.25) is 0 Å². The van der Waals surface area contributed by atoms with Gasteiger partial charge in [-0.25, -0.2) is 15.0 Å². The molecule has 0 radical (unpaired) electrons. The maximum absolute atomic E-state index is 5.89. The summed E-state index contributed by atoms with van der Waals surface area (Å²) in [6.07, 6.45) is 1.73. The zero-order valence-corrected chi connectivity index (χ0v) is 14.3. The fourth-order valence-corrected chi connectivity index (χ4v) is 3.22. The van der Waals surface area contributed by atoms with Crippen LogP contribution in [0, 0.1) is 6.92 Å². The van der Waals surface area contributed by atoms with Crippen molar-refractivity contribution in [2.24, 2.45) is 0 Å². The fourth-order valence-electron chi connectivity index (χ4n) is 2.08. The Morgan fingerprint density at radius 1 is 1.17 bits per heavy atom. The highest BCUT2D eigenvalue weighted by atomic mass is 35.5. The summed E-state index contributed by atoms with van der Waals surface area (Å²) >= 11 is 7.47.